The van der Waals surface area contributed by atoms with Gasteiger partial charge in [-0.25, -0.2) is 0 Å². The molecule has 1 aliphatic carbocycles. The number of carbonyl (C=O) groups excluding carboxylic acids is 3. The van der Waals surface area contributed by atoms with Gasteiger partial charge in [0, 0.05) is 27.9 Å². The Morgan fingerprint density at radius 3 is 1.90 bits per heavy atom. The summed E-state index contributed by atoms with van der Waals surface area (Å²) in [4.78, 5) is 40.5. The van der Waals surface area contributed by atoms with E-state index in [0.29, 0.717) is 16.8 Å². The summed E-state index contributed by atoms with van der Waals surface area (Å²) in [6.07, 6.45) is 0.121. The molecule has 0 saturated carbocycles. The third kappa shape index (κ3) is 2.76. The highest BCUT2D eigenvalue weighted by Gasteiger charge is 2.47. The Bertz CT molecular complexity index is 1120. The number of amides is 2. The van der Waals surface area contributed by atoms with Crippen molar-refractivity contribution in [2.75, 3.05) is 4.90 Å². The van der Waals surface area contributed by atoms with Gasteiger partial charge in [-0.15, -0.1) is 0 Å². The van der Waals surface area contributed by atoms with Crippen LogP contribution in [0.1, 0.15) is 39.4 Å². The van der Waals surface area contributed by atoms with Crippen molar-refractivity contribution < 1.29 is 14.4 Å². The van der Waals surface area contributed by atoms with Crippen molar-refractivity contribution in [3.63, 3.8) is 0 Å². The SMILES string of the molecule is O=C1c2ccccc2C([C@@H]2CC(=O)N(c3ccc(Br)cc3)C2=O)c2ccccc21. The number of anilines is 1. The maximum atomic E-state index is 13.4. The minimum Gasteiger partial charge on any atom is -0.289 e. The largest absolute Gasteiger partial charge is 0.289 e. The van der Waals surface area contributed by atoms with E-state index in [9.17, 15) is 14.4 Å². The molecule has 2 aliphatic rings. The number of hydrogen-bond acceptors (Lipinski definition) is 3. The summed E-state index contributed by atoms with van der Waals surface area (Å²) >= 11 is 3.38. The fourth-order valence-electron chi connectivity index (χ4n) is 4.47. The van der Waals surface area contributed by atoms with Crippen molar-refractivity contribution in [2.24, 2.45) is 5.92 Å². The van der Waals surface area contributed by atoms with Crippen LogP contribution in [0.5, 0.6) is 0 Å². The molecule has 0 N–H and O–H groups in total. The second kappa shape index (κ2) is 6.78. The minimum absolute atomic E-state index is 0.0333. The Labute approximate surface area is 176 Å². The zero-order valence-electron chi connectivity index (χ0n) is 15.3. The van der Waals surface area contributed by atoms with Gasteiger partial charge in [-0.3, -0.25) is 19.3 Å². The maximum absolute atomic E-state index is 13.4. The number of hydrogen-bond donors (Lipinski definition) is 0. The first-order valence-electron chi connectivity index (χ1n) is 9.41. The number of benzene rings is 3. The zero-order chi connectivity index (χ0) is 20.1. The van der Waals surface area contributed by atoms with Gasteiger partial charge in [0.2, 0.25) is 11.8 Å². The van der Waals surface area contributed by atoms with Crippen LogP contribution in [0.25, 0.3) is 0 Å². The van der Waals surface area contributed by atoms with Crippen LogP contribution in [0.2, 0.25) is 0 Å². The summed E-state index contributed by atoms with van der Waals surface area (Å²) in [5.74, 6) is -1.33. The molecule has 142 valence electrons. The first-order chi connectivity index (χ1) is 14.1. The monoisotopic (exact) mass is 445 g/mol. The lowest BCUT2D eigenvalue weighted by Gasteiger charge is -2.30. The molecule has 3 aromatic rings. The quantitative estimate of drug-likeness (QED) is 0.536. The molecule has 0 bridgehead atoms. The maximum Gasteiger partial charge on any atom is 0.238 e. The summed E-state index contributed by atoms with van der Waals surface area (Å²) in [5, 5.41) is 0. The van der Waals surface area contributed by atoms with E-state index in [1.807, 2.05) is 48.5 Å². The topological polar surface area (TPSA) is 54.5 Å². The molecule has 29 heavy (non-hydrogen) atoms. The molecule has 0 radical (unpaired) electrons. The molecule has 1 heterocycles. The highest BCUT2D eigenvalue weighted by Crippen LogP contribution is 2.45. The Kier molecular flexibility index (Phi) is 4.21. The number of halogens is 1. The lowest BCUT2D eigenvalue weighted by molar-refractivity contribution is -0.122. The Balaban J connectivity index is 1.62. The van der Waals surface area contributed by atoms with Crippen LogP contribution in [0.4, 0.5) is 5.69 Å². The highest BCUT2D eigenvalue weighted by molar-refractivity contribution is 9.10. The van der Waals surface area contributed by atoms with E-state index in [4.69, 9.17) is 0 Å². The van der Waals surface area contributed by atoms with E-state index in [1.165, 1.54) is 4.90 Å². The van der Waals surface area contributed by atoms with Crippen LogP contribution in [0.15, 0.2) is 77.3 Å². The molecule has 0 spiro atoms. The van der Waals surface area contributed by atoms with Crippen molar-refractivity contribution >= 4 is 39.2 Å². The van der Waals surface area contributed by atoms with Crippen molar-refractivity contribution in [1.29, 1.82) is 0 Å². The van der Waals surface area contributed by atoms with Crippen LogP contribution in [0, 0.1) is 5.92 Å². The molecule has 4 nitrogen and oxygen atoms in total. The minimum atomic E-state index is -0.540. The molecule has 1 atom stereocenters. The van der Waals surface area contributed by atoms with E-state index in [2.05, 4.69) is 15.9 Å². The van der Waals surface area contributed by atoms with Gasteiger partial charge in [-0.05, 0) is 35.4 Å². The zero-order valence-corrected chi connectivity index (χ0v) is 16.9. The van der Waals surface area contributed by atoms with Crippen molar-refractivity contribution in [2.45, 2.75) is 12.3 Å². The van der Waals surface area contributed by atoms with Gasteiger partial charge in [0.25, 0.3) is 0 Å². The molecular formula is C24H16BrNO3. The summed E-state index contributed by atoms with van der Waals surface area (Å²) in [5.41, 5.74) is 3.43. The van der Waals surface area contributed by atoms with Gasteiger partial charge in [0.1, 0.15) is 0 Å². The third-order valence-corrected chi connectivity index (χ3v) is 6.28. The van der Waals surface area contributed by atoms with Gasteiger partial charge in [0.05, 0.1) is 11.6 Å². The number of rotatable bonds is 2. The molecule has 1 saturated heterocycles. The number of ketones is 1. The lowest BCUT2D eigenvalue weighted by Crippen LogP contribution is -2.33. The Morgan fingerprint density at radius 1 is 0.759 bits per heavy atom. The molecule has 0 aromatic heterocycles. The summed E-state index contributed by atoms with van der Waals surface area (Å²) < 4.78 is 0.880. The average Bonchev–Trinajstić information content (AvgIpc) is 3.03. The van der Waals surface area contributed by atoms with Crippen LogP contribution >= 0.6 is 15.9 Å². The average molecular weight is 446 g/mol. The Morgan fingerprint density at radius 2 is 1.31 bits per heavy atom. The molecule has 1 aliphatic heterocycles. The van der Waals surface area contributed by atoms with Gasteiger partial charge >= 0.3 is 0 Å². The van der Waals surface area contributed by atoms with Crippen molar-refractivity contribution in [3.05, 3.63) is 99.5 Å². The van der Waals surface area contributed by atoms with Crippen LogP contribution in [0.3, 0.4) is 0 Å². The second-order valence-electron chi connectivity index (χ2n) is 7.34. The normalized spacial score (nSPS) is 18.7. The van der Waals surface area contributed by atoms with Crippen LogP contribution < -0.4 is 4.90 Å². The second-order valence-corrected chi connectivity index (χ2v) is 8.25. The smallest absolute Gasteiger partial charge is 0.238 e. The predicted octanol–water partition coefficient (Wildman–Crippen LogP) is 4.71. The van der Waals surface area contributed by atoms with Gasteiger partial charge in [-0.1, -0.05) is 64.5 Å². The van der Waals surface area contributed by atoms with Crippen LogP contribution in [-0.4, -0.2) is 17.6 Å². The number of fused-ring (bicyclic) bond motifs is 2. The highest BCUT2D eigenvalue weighted by atomic mass is 79.9. The van der Waals surface area contributed by atoms with Gasteiger partial charge < -0.3 is 0 Å². The number of imide groups is 1. The molecular weight excluding hydrogens is 430 g/mol. The first-order valence-corrected chi connectivity index (χ1v) is 10.2. The molecule has 3 aromatic carbocycles. The lowest BCUT2D eigenvalue weighted by atomic mass is 9.71. The van der Waals surface area contributed by atoms with Crippen molar-refractivity contribution in [3.8, 4) is 0 Å². The van der Waals surface area contributed by atoms with Gasteiger partial charge in [0.15, 0.2) is 5.78 Å². The van der Waals surface area contributed by atoms with Crippen LogP contribution in [-0.2, 0) is 9.59 Å². The fraction of sp³-hybridized carbons (Fsp3) is 0.125. The van der Waals surface area contributed by atoms with E-state index < -0.39 is 5.92 Å². The van der Waals surface area contributed by atoms with E-state index in [-0.39, 0.29) is 29.9 Å². The molecule has 1 fully saturated rings. The molecule has 5 rings (SSSR count). The van der Waals surface area contributed by atoms with Gasteiger partial charge in [-0.2, -0.15) is 0 Å². The fourth-order valence-corrected chi connectivity index (χ4v) is 4.74. The van der Waals surface area contributed by atoms with E-state index >= 15 is 0 Å². The molecule has 0 unspecified atom stereocenters. The van der Waals surface area contributed by atoms with E-state index in [0.717, 1.165) is 15.6 Å². The van der Waals surface area contributed by atoms with Crippen molar-refractivity contribution in [1.82, 2.24) is 0 Å². The third-order valence-electron chi connectivity index (χ3n) is 5.75. The standard InChI is InChI=1S/C24H16BrNO3/c25-14-9-11-15(12-10-14)26-21(27)13-20(24(26)29)22-16-5-1-3-7-18(16)23(28)19-8-4-2-6-17(19)22/h1-12,20,22H,13H2/t20-/m0/s1. The predicted molar refractivity (Wildman–Crippen MR) is 113 cm³/mol. The number of nitrogens with zero attached hydrogens (tertiary/aromatic N) is 1. The molecule has 5 heteroatoms. The first kappa shape index (κ1) is 18.0. The number of carbonyl (C=O) groups is 3. The summed E-state index contributed by atoms with van der Waals surface area (Å²) in [7, 11) is 0. The summed E-state index contributed by atoms with van der Waals surface area (Å²) in [6, 6.07) is 21.9. The summed E-state index contributed by atoms with van der Waals surface area (Å²) in [6.45, 7) is 0. The van der Waals surface area contributed by atoms with E-state index in [1.54, 1.807) is 24.3 Å². The Hall–Kier alpha value is -3.05. The molecule has 2 amide bonds.